The van der Waals surface area contributed by atoms with Crippen molar-refractivity contribution in [2.45, 2.75) is 44.4 Å². The Balaban J connectivity index is 0.000000215. The summed E-state index contributed by atoms with van der Waals surface area (Å²) in [6.07, 6.45) is 0.248. The molecule has 2 aromatic carbocycles. The van der Waals surface area contributed by atoms with E-state index in [1.807, 2.05) is 24.3 Å². The number of ether oxygens (including phenoxy) is 1. The number of rotatable bonds is 9. The normalized spacial score (nSPS) is 19.8. The van der Waals surface area contributed by atoms with E-state index in [0.717, 1.165) is 36.0 Å². The Labute approximate surface area is 246 Å². The summed E-state index contributed by atoms with van der Waals surface area (Å²) >= 11 is 0. The van der Waals surface area contributed by atoms with Crippen molar-refractivity contribution in [1.29, 1.82) is 0 Å². The van der Waals surface area contributed by atoms with Gasteiger partial charge in [-0.05, 0) is 48.7 Å². The van der Waals surface area contributed by atoms with Crippen LogP contribution in [0.2, 0.25) is 0 Å². The first kappa shape index (κ1) is 31.5. The van der Waals surface area contributed by atoms with Crippen molar-refractivity contribution >= 4 is 28.8 Å². The Kier molecular flexibility index (Phi) is 10.7. The Bertz CT molecular complexity index is 1600. The number of nitrogens with zero attached hydrogens (tertiary/aromatic N) is 3. The number of benzene rings is 2. The Morgan fingerprint density at radius 3 is 2.58 bits per heavy atom. The van der Waals surface area contributed by atoms with Crippen molar-refractivity contribution in [3.8, 4) is 0 Å². The number of anilines is 1. The van der Waals surface area contributed by atoms with Gasteiger partial charge >= 0.3 is 5.69 Å². The number of fused-ring (bicyclic) bond motifs is 1. The summed E-state index contributed by atoms with van der Waals surface area (Å²) in [6.45, 7) is 3.35. The number of hydrogen-bond acceptors (Lipinski definition) is 11. The van der Waals surface area contributed by atoms with E-state index in [1.54, 1.807) is 11.6 Å². The maximum Gasteiger partial charge on any atom is 0.354 e. The van der Waals surface area contributed by atoms with Crippen LogP contribution >= 0.6 is 0 Å². The number of aromatic nitrogens is 4. The van der Waals surface area contributed by atoms with Crippen molar-refractivity contribution in [3.63, 3.8) is 0 Å². The molecule has 0 saturated carbocycles. The second kappa shape index (κ2) is 14.6. The molecular formula is C29H35N7O7. The predicted molar refractivity (Wildman–Crippen MR) is 158 cm³/mol. The Morgan fingerprint density at radius 1 is 1.16 bits per heavy atom. The topological polar surface area (TPSA) is 221 Å². The summed E-state index contributed by atoms with van der Waals surface area (Å²) in [5.41, 5.74) is 11.9. The average molecular weight is 594 g/mol. The fourth-order valence-corrected chi connectivity index (χ4v) is 4.70. The predicted octanol–water partition coefficient (Wildman–Crippen LogP) is 0.159. The summed E-state index contributed by atoms with van der Waals surface area (Å²) in [6, 6.07) is 16.4. The van der Waals surface area contributed by atoms with Crippen molar-refractivity contribution in [2.75, 3.05) is 18.9 Å². The quantitative estimate of drug-likeness (QED) is 0.0565. The third-order valence-corrected chi connectivity index (χ3v) is 6.96. The fraction of sp³-hybridized carbons (Fsp3) is 0.310. The first-order valence-corrected chi connectivity index (χ1v) is 13.5. The lowest BCUT2D eigenvalue weighted by atomic mass is 10.1. The number of aromatic amines is 1. The first-order chi connectivity index (χ1) is 20.7. The van der Waals surface area contributed by atoms with Gasteiger partial charge in [-0.3, -0.25) is 14.6 Å². The number of aryl methyl sites for hydroxylation is 1. The number of H-pyrrole nitrogens is 1. The van der Waals surface area contributed by atoms with E-state index < -0.39 is 42.7 Å². The zero-order valence-corrected chi connectivity index (χ0v) is 23.4. The molecule has 4 aromatic rings. The van der Waals surface area contributed by atoms with Crippen molar-refractivity contribution in [3.05, 3.63) is 93.8 Å². The molecule has 43 heavy (non-hydrogen) atoms. The Hall–Kier alpha value is -4.44. The van der Waals surface area contributed by atoms with Gasteiger partial charge in [0.2, 0.25) is 5.95 Å². The van der Waals surface area contributed by atoms with Gasteiger partial charge in [0, 0.05) is 29.2 Å². The van der Waals surface area contributed by atoms with Gasteiger partial charge in [-0.15, -0.1) is 0 Å². The smallest absolute Gasteiger partial charge is 0.354 e. The highest BCUT2D eigenvalue weighted by Crippen LogP contribution is 2.27. The van der Waals surface area contributed by atoms with E-state index >= 15 is 0 Å². The van der Waals surface area contributed by atoms with Gasteiger partial charge in [-0.1, -0.05) is 42.5 Å². The lowest BCUT2D eigenvalue weighted by Crippen LogP contribution is -2.36. The minimum atomic E-state index is -1.35. The molecule has 14 nitrogen and oxygen atoms in total. The Morgan fingerprint density at radius 2 is 1.91 bits per heavy atom. The number of hydrogen-bond donors (Lipinski definition) is 8. The van der Waals surface area contributed by atoms with Gasteiger partial charge in [0.25, 0.3) is 5.91 Å². The number of aliphatic hydroxyl groups is 3. The molecule has 1 saturated heterocycles. The number of amides is 1. The first-order valence-electron chi connectivity index (χ1n) is 13.5. The van der Waals surface area contributed by atoms with E-state index in [0.29, 0.717) is 0 Å². The number of nitrogens with two attached hydrogens (primary N) is 1. The molecule has 1 aliphatic heterocycles. The van der Waals surface area contributed by atoms with E-state index in [2.05, 4.69) is 51.5 Å². The fourth-order valence-electron chi connectivity index (χ4n) is 4.70. The standard InChI is InChI=1S/C21H23N3O2.C8H12N4O5/c1-15-18(19-4-2-3-5-20(19)23-15)12-13-22-14-17-8-6-16(7-9-17)10-11-21(25)24-26;9-7-10-2-12(8(16)11-7)6-5(15)4(14)3(1-13)17-6/h2-11,22-23,26H,12-14H2,1H3,(H,24,25);2-6,13-15H,1H2,(H2,9,11,16)/b11-10+;/t;3-,4-,5-,6-/m.1/s1. The summed E-state index contributed by atoms with van der Waals surface area (Å²) in [7, 11) is 0. The molecule has 0 aliphatic carbocycles. The summed E-state index contributed by atoms with van der Waals surface area (Å²) < 4.78 is 6.04. The molecule has 0 unspecified atom stereocenters. The largest absolute Gasteiger partial charge is 0.394 e. The van der Waals surface area contributed by atoms with Gasteiger partial charge in [-0.25, -0.2) is 15.3 Å². The molecule has 9 N–H and O–H groups in total. The maximum atomic E-state index is 11.5. The average Bonchev–Trinajstić information content (AvgIpc) is 3.49. The number of carbonyl (C=O) groups excluding carboxylic acids is 1. The molecule has 1 aliphatic rings. The number of hydroxylamine groups is 1. The van der Waals surface area contributed by atoms with Crippen LogP contribution in [-0.4, -0.2) is 77.4 Å². The molecule has 4 atom stereocenters. The van der Waals surface area contributed by atoms with Gasteiger partial charge in [0.05, 0.1) is 6.61 Å². The minimum absolute atomic E-state index is 0.196. The molecule has 14 heteroatoms. The minimum Gasteiger partial charge on any atom is -0.394 e. The maximum absolute atomic E-state index is 11.5. The molecule has 1 amide bonds. The zero-order valence-electron chi connectivity index (χ0n) is 23.4. The van der Waals surface area contributed by atoms with E-state index in [4.69, 9.17) is 20.8 Å². The second-order valence-electron chi connectivity index (χ2n) is 9.89. The second-order valence-corrected chi connectivity index (χ2v) is 9.89. The number of nitrogens with one attached hydrogen (secondary N) is 3. The highest BCUT2D eigenvalue weighted by atomic mass is 16.6. The van der Waals surface area contributed by atoms with E-state index in [9.17, 15) is 19.8 Å². The summed E-state index contributed by atoms with van der Waals surface area (Å²) in [4.78, 5) is 32.8. The molecule has 5 rings (SSSR count). The molecule has 3 heterocycles. The lowest BCUT2D eigenvalue weighted by molar-refractivity contribution is -0.124. The van der Waals surface area contributed by atoms with Crippen LogP contribution < -0.4 is 22.2 Å². The van der Waals surface area contributed by atoms with Crippen LogP contribution in [0.5, 0.6) is 0 Å². The zero-order chi connectivity index (χ0) is 30.9. The van der Waals surface area contributed by atoms with Gasteiger partial charge in [-0.2, -0.15) is 4.98 Å². The molecule has 228 valence electrons. The number of nitrogen functional groups attached to an aromatic ring is 1. The summed E-state index contributed by atoms with van der Waals surface area (Å²) in [5, 5.41) is 41.3. The molecule has 1 fully saturated rings. The third kappa shape index (κ3) is 7.90. The highest BCUT2D eigenvalue weighted by molar-refractivity contribution is 5.90. The molecular weight excluding hydrogens is 558 g/mol. The monoisotopic (exact) mass is 593 g/mol. The van der Waals surface area contributed by atoms with Gasteiger partial charge in [0.15, 0.2) is 6.23 Å². The number of aliphatic hydroxyl groups excluding tert-OH is 3. The van der Waals surface area contributed by atoms with Gasteiger partial charge in [0.1, 0.15) is 24.6 Å². The van der Waals surface area contributed by atoms with E-state index in [-0.39, 0.29) is 5.95 Å². The SMILES string of the molecule is Cc1[nH]c2ccccc2c1CCNCc1ccc(/C=C/C(=O)NO)cc1.Nc1ncn([C@@H]2O[C@H](CO)[C@@H](O)[C@H]2O)c(=O)n1. The van der Waals surface area contributed by atoms with Crippen molar-refractivity contribution < 1.29 is 30.1 Å². The van der Waals surface area contributed by atoms with Crippen LogP contribution in [0.25, 0.3) is 17.0 Å². The van der Waals surface area contributed by atoms with Crippen LogP contribution in [0.3, 0.4) is 0 Å². The number of carbonyl (C=O) groups is 1. The lowest BCUT2D eigenvalue weighted by Gasteiger charge is -2.16. The molecule has 2 aromatic heterocycles. The van der Waals surface area contributed by atoms with Crippen LogP contribution in [-0.2, 0) is 22.5 Å². The van der Waals surface area contributed by atoms with Crippen LogP contribution in [0.4, 0.5) is 5.95 Å². The van der Waals surface area contributed by atoms with Crippen LogP contribution in [0.1, 0.15) is 28.6 Å². The summed E-state index contributed by atoms with van der Waals surface area (Å²) in [5.74, 6) is -0.735. The number of para-hydroxylation sites is 1. The van der Waals surface area contributed by atoms with Crippen molar-refractivity contribution in [1.82, 2.24) is 30.3 Å². The van der Waals surface area contributed by atoms with Crippen LogP contribution in [0, 0.1) is 6.92 Å². The highest BCUT2D eigenvalue weighted by Gasteiger charge is 2.43. The molecule has 0 radical (unpaired) electrons. The van der Waals surface area contributed by atoms with Crippen molar-refractivity contribution in [2.24, 2.45) is 0 Å². The van der Waals surface area contributed by atoms with E-state index in [1.165, 1.54) is 33.8 Å². The molecule has 0 bridgehead atoms. The van der Waals surface area contributed by atoms with Crippen LogP contribution in [0.15, 0.2) is 65.7 Å². The van der Waals surface area contributed by atoms with Gasteiger partial charge < -0.3 is 36.1 Å². The molecule has 0 spiro atoms. The third-order valence-electron chi connectivity index (χ3n) is 6.96.